The Bertz CT molecular complexity index is 1460. The fourth-order valence-corrected chi connectivity index (χ4v) is 4.78. The number of aromatic nitrogens is 2. The Morgan fingerprint density at radius 1 is 1.09 bits per heavy atom. The first-order chi connectivity index (χ1) is 15.9. The van der Waals surface area contributed by atoms with Crippen molar-refractivity contribution in [3.63, 3.8) is 0 Å². The summed E-state index contributed by atoms with van der Waals surface area (Å²) in [5, 5.41) is 10.0. The van der Waals surface area contributed by atoms with Crippen molar-refractivity contribution in [1.82, 2.24) is 10.2 Å². The lowest BCUT2D eigenvalue weighted by Gasteiger charge is -2.22. The molecule has 0 N–H and O–H groups in total. The number of rotatable bonds is 4. The monoisotopic (exact) mass is 461 g/mol. The molecule has 2 aromatic heterocycles. The third-order valence-corrected chi connectivity index (χ3v) is 6.78. The molecule has 5 rings (SSSR count). The lowest BCUT2D eigenvalue weighted by atomic mass is 9.98. The summed E-state index contributed by atoms with van der Waals surface area (Å²) in [6.07, 6.45) is 0. The van der Waals surface area contributed by atoms with E-state index in [9.17, 15) is 14.4 Å². The highest BCUT2D eigenvalue weighted by Crippen LogP contribution is 2.42. The molecule has 33 heavy (non-hydrogen) atoms. The molecule has 0 saturated carbocycles. The molecule has 0 fully saturated rings. The van der Waals surface area contributed by atoms with Crippen LogP contribution in [-0.2, 0) is 4.74 Å². The molecule has 2 aromatic carbocycles. The molecule has 166 valence electrons. The van der Waals surface area contributed by atoms with Crippen LogP contribution in [0.5, 0.6) is 0 Å². The number of carbonyl (C=O) groups is 2. The van der Waals surface area contributed by atoms with E-state index in [1.165, 1.54) is 23.3 Å². The quantitative estimate of drug-likeness (QED) is 0.417. The standard InChI is InChI=1S/C24H19N3O5S/c1-12(2)21-25-26-24(33-21)27-18(13-8-10-14(11-9-13)23(30)31-3)17-19(28)15-6-4-5-7-16(15)32-20(17)22(27)29/h4-12,18H,1-3H3. The van der Waals surface area contributed by atoms with Crippen LogP contribution in [0.25, 0.3) is 11.0 Å². The summed E-state index contributed by atoms with van der Waals surface area (Å²) >= 11 is 1.30. The number of amides is 1. The lowest BCUT2D eigenvalue weighted by Crippen LogP contribution is -2.29. The van der Waals surface area contributed by atoms with Gasteiger partial charge in [-0.3, -0.25) is 14.5 Å². The summed E-state index contributed by atoms with van der Waals surface area (Å²) in [6.45, 7) is 3.98. The van der Waals surface area contributed by atoms with Crippen molar-refractivity contribution >= 4 is 39.3 Å². The van der Waals surface area contributed by atoms with Gasteiger partial charge in [0.15, 0.2) is 5.43 Å². The molecule has 0 saturated heterocycles. The van der Waals surface area contributed by atoms with Gasteiger partial charge in [0.2, 0.25) is 10.9 Å². The average Bonchev–Trinajstić information content (AvgIpc) is 3.42. The first-order valence-electron chi connectivity index (χ1n) is 10.3. The van der Waals surface area contributed by atoms with E-state index in [4.69, 9.17) is 9.15 Å². The minimum Gasteiger partial charge on any atom is -0.465 e. The summed E-state index contributed by atoms with van der Waals surface area (Å²) in [5.41, 5.74) is 1.31. The van der Waals surface area contributed by atoms with Crippen LogP contribution >= 0.6 is 11.3 Å². The molecular formula is C24H19N3O5S. The third kappa shape index (κ3) is 3.32. The van der Waals surface area contributed by atoms with Gasteiger partial charge in [0.05, 0.1) is 29.7 Å². The van der Waals surface area contributed by atoms with E-state index < -0.39 is 17.9 Å². The molecule has 0 radical (unpaired) electrons. The van der Waals surface area contributed by atoms with Crippen molar-refractivity contribution in [2.24, 2.45) is 0 Å². The van der Waals surface area contributed by atoms with E-state index in [1.54, 1.807) is 48.5 Å². The number of hydrogen-bond donors (Lipinski definition) is 0. The smallest absolute Gasteiger partial charge is 0.337 e. The molecule has 0 aliphatic carbocycles. The lowest BCUT2D eigenvalue weighted by molar-refractivity contribution is 0.0600. The zero-order chi connectivity index (χ0) is 23.3. The van der Waals surface area contributed by atoms with Crippen LogP contribution < -0.4 is 10.3 Å². The number of methoxy groups -OCH3 is 1. The Morgan fingerprint density at radius 3 is 2.48 bits per heavy atom. The van der Waals surface area contributed by atoms with Gasteiger partial charge in [-0.2, -0.15) is 0 Å². The van der Waals surface area contributed by atoms with E-state index in [1.807, 2.05) is 13.8 Å². The second-order valence-corrected chi connectivity index (χ2v) is 8.93. The van der Waals surface area contributed by atoms with E-state index in [-0.39, 0.29) is 22.7 Å². The summed E-state index contributed by atoms with van der Waals surface area (Å²) in [7, 11) is 1.31. The van der Waals surface area contributed by atoms with E-state index >= 15 is 0 Å². The van der Waals surface area contributed by atoms with Gasteiger partial charge < -0.3 is 9.15 Å². The van der Waals surface area contributed by atoms with Crippen LogP contribution in [-0.4, -0.2) is 29.2 Å². The fraction of sp³-hybridized carbons (Fsp3) is 0.208. The first kappa shape index (κ1) is 21.0. The number of para-hydroxylation sites is 1. The zero-order valence-electron chi connectivity index (χ0n) is 18.1. The minimum absolute atomic E-state index is 0.0120. The summed E-state index contributed by atoms with van der Waals surface area (Å²) in [6, 6.07) is 12.7. The van der Waals surface area contributed by atoms with Gasteiger partial charge >= 0.3 is 5.97 Å². The number of ether oxygens (including phenoxy) is 1. The molecule has 0 spiro atoms. The first-order valence-corrected chi connectivity index (χ1v) is 11.1. The largest absolute Gasteiger partial charge is 0.465 e. The maximum absolute atomic E-state index is 13.5. The highest BCUT2D eigenvalue weighted by atomic mass is 32.1. The maximum atomic E-state index is 13.5. The topological polar surface area (TPSA) is 103 Å². The van der Waals surface area contributed by atoms with Crippen LogP contribution in [0.15, 0.2) is 57.7 Å². The van der Waals surface area contributed by atoms with Crippen molar-refractivity contribution in [3.05, 3.63) is 86.2 Å². The van der Waals surface area contributed by atoms with E-state index in [0.29, 0.717) is 27.2 Å². The van der Waals surface area contributed by atoms with Gasteiger partial charge in [-0.25, -0.2) is 4.79 Å². The fourth-order valence-electron chi connectivity index (χ4n) is 3.91. The van der Waals surface area contributed by atoms with Crippen molar-refractivity contribution in [2.45, 2.75) is 25.8 Å². The molecular weight excluding hydrogens is 442 g/mol. The highest BCUT2D eigenvalue weighted by Gasteiger charge is 2.45. The maximum Gasteiger partial charge on any atom is 0.337 e. The number of anilines is 1. The second-order valence-electron chi connectivity index (χ2n) is 7.94. The van der Waals surface area contributed by atoms with Crippen LogP contribution in [0.1, 0.15) is 62.9 Å². The Kier molecular flexibility index (Phi) is 5.05. The summed E-state index contributed by atoms with van der Waals surface area (Å²) in [5.74, 6) is -0.808. The van der Waals surface area contributed by atoms with Gasteiger partial charge in [-0.15, -0.1) is 10.2 Å². The number of hydrogen-bond acceptors (Lipinski definition) is 8. The molecule has 3 heterocycles. The zero-order valence-corrected chi connectivity index (χ0v) is 18.9. The molecule has 9 heteroatoms. The van der Waals surface area contributed by atoms with Crippen LogP contribution in [0, 0.1) is 0 Å². The van der Waals surface area contributed by atoms with Crippen LogP contribution in [0.3, 0.4) is 0 Å². The number of carbonyl (C=O) groups excluding carboxylic acids is 2. The van der Waals surface area contributed by atoms with Gasteiger partial charge in [-0.05, 0) is 29.8 Å². The molecule has 0 bridgehead atoms. The van der Waals surface area contributed by atoms with Gasteiger partial charge in [0.25, 0.3) is 5.91 Å². The number of esters is 1. The SMILES string of the molecule is COC(=O)c1ccc(C2c3c(oc4ccccc4c3=O)C(=O)N2c2nnc(C(C)C)s2)cc1. The molecule has 1 atom stereocenters. The Labute approximate surface area is 192 Å². The molecule has 1 unspecified atom stereocenters. The van der Waals surface area contributed by atoms with Crippen molar-refractivity contribution in [2.75, 3.05) is 12.0 Å². The molecule has 8 nitrogen and oxygen atoms in total. The number of nitrogens with zero attached hydrogens (tertiary/aromatic N) is 3. The van der Waals surface area contributed by atoms with Crippen LogP contribution in [0.2, 0.25) is 0 Å². The molecule has 1 amide bonds. The van der Waals surface area contributed by atoms with Gasteiger partial charge in [-0.1, -0.05) is 49.4 Å². The Morgan fingerprint density at radius 2 is 1.82 bits per heavy atom. The molecule has 4 aromatic rings. The van der Waals surface area contributed by atoms with Gasteiger partial charge in [0.1, 0.15) is 10.6 Å². The normalized spacial score (nSPS) is 15.3. The van der Waals surface area contributed by atoms with E-state index in [2.05, 4.69) is 10.2 Å². The number of fused-ring (bicyclic) bond motifs is 2. The van der Waals surface area contributed by atoms with E-state index in [0.717, 1.165) is 5.01 Å². The summed E-state index contributed by atoms with van der Waals surface area (Å²) in [4.78, 5) is 40.4. The second kappa shape index (κ2) is 7.93. The third-order valence-electron chi connectivity index (χ3n) is 5.56. The predicted molar refractivity (Wildman–Crippen MR) is 123 cm³/mol. The molecule has 1 aliphatic rings. The minimum atomic E-state index is -0.770. The van der Waals surface area contributed by atoms with Crippen molar-refractivity contribution in [3.8, 4) is 0 Å². The highest BCUT2D eigenvalue weighted by molar-refractivity contribution is 7.15. The Balaban J connectivity index is 1.73. The van der Waals surface area contributed by atoms with Crippen LogP contribution in [0.4, 0.5) is 5.13 Å². The average molecular weight is 461 g/mol. The van der Waals surface area contributed by atoms with Gasteiger partial charge in [0, 0.05) is 5.92 Å². The summed E-state index contributed by atoms with van der Waals surface area (Å²) < 4.78 is 10.7. The molecule has 1 aliphatic heterocycles. The Hall–Kier alpha value is -3.85. The number of benzene rings is 2. The predicted octanol–water partition coefficient (Wildman–Crippen LogP) is 4.30. The van der Waals surface area contributed by atoms with Crippen molar-refractivity contribution < 1.29 is 18.7 Å². The van der Waals surface area contributed by atoms with Crippen molar-refractivity contribution in [1.29, 1.82) is 0 Å².